The number of methoxy groups -OCH3 is 1. The molecule has 0 aliphatic carbocycles. The van der Waals surface area contributed by atoms with Crippen LogP contribution in [0, 0.1) is 0 Å². The summed E-state index contributed by atoms with van der Waals surface area (Å²) in [6.07, 6.45) is 0.896. The van der Waals surface area contributed by atoms with E-state index in [-0.39, 0.29) is 0 Å². The highest BCUT2D eigenvalue weighted by atomic mass is 79.9. The Morgan fingerprint density at radius 3 is 2.92 bits per heavy atom. The molecule has 0 aliphatic heterocycles. The molecule has 1 heterocycles. The maximum atomic E-state index is 5.69. The number of halogens is 2. The van der Waals surface area contributed by atoms with E-state index < -0.39 is 0 Å². The van der Waals surface area contributed by atoms with Gasteiger partial charge in [-0.15, -0.1) is 0 Å². The highest BCUT2D eigenvalue weighted by Gasteiger charge is 2.03. The number of ether oxygens (including phenoxy) is 1. The number of alkyl halides is 1. The minimum atomic E-state index is 0.463. The predicted octanol–water partition coefficient (Wildman–Crippen LogP) is 2.68. The molecule has 0 N–H and O–H groups in total. The van der Waals surface area contributed by atoms with Crippen LogP contribution in [0.25, 0.3) is 0 Å². The molecule has 0 aliphatic rings. The van der Waals surface area contributed by atoms with Gasteiger partial charge in [0.25, 0.3) is 0 Å². The SMILES string of the molecule is COc1nc(Cl)ccc1CCBr. The molecule has 0 radical (unpaired) electrons. The molecular formula is C8H9BrClNO. The van der Waals surface area contributed by atoms with Gasteiger partial charge in [0.05, 0.1) is 7.11 Å². The molecule has 0 saturated heterocycles. The van der Waals surface area contributed by atoms with Gasteiger partial charge < -0.3 is 4.74 Å². The van der Waals surface area contributed by atoms with Crippen LogP contribution in [-0.4, -0.2) is 17.4 Å². The summed E-state index contributed by atoms with van der Waals surface area (Å²) in [5.74, 6) is 0.613. The molecule has 0 saturated carbocycles. The van der Waals surface area contributed by atoms with Crippen molar-refractivity contribution in [3.8, 4) is 5.88 Å². The van der Waals surface area contributed by atoms with Crippen LogP contribution in [0.1, 0.15) is 5.56 Å². The summed E-state index contributed by atoms with van der Waals surface area (Å²) in [7, 11) is 1.59. The first-order valence-corrected chi connectivity index (χ1v) is 5.03. The second-order valence-electron chi connectivity index (χ2n) is 2.24. The van der Waals surface area contributed by atoms with Gasteiger partial charge in [-0.2, -0.15) is 0 Å². The highest BCUT2D eigenvalue weighted by molar-refractivity contribution is 9.09. The second-order valence-corrected chi connectivity index (χ2v) is 3.42. The fourth-order valence-corrected chi connectivity index (χ4v) is 1.48. The molecule has 0 unspecified atom stereocenters. The molecule has 0 bridgehead atoms. The highest BCUT2D eigenvalue weighted by Crippen LogP contribution is 2.19. The third-order valence-corrected chi connectivity index (χ3v) is 2.07. The first-order chi connectivity index (χ1) is 5.77. The number of pyridine rings is 1. The molecule has 2 nitrogen and oxygen atoms in total. The Hall–Kier alpha value is -0.280. The first-order valence-electron chi connectivity index (χ1n) is 3.53. The summed E-state index contributed by atoms with van der Waals surface area (Å²) in [6, 6.07) is 3.69. The van der Waals surface area contributed by atoms with Gasteiger partial charge in [-0.05, 0) is 12.5 Å². The summed E-state index contributed by atoms with van der Waals surface area (Å²) in [5, 5.41) is 1.36. The van der Waals surface area contributed by atoms with Crippen LogP contribution < -0.4 is 4.74 Å². The monoisotopic (exact) mass is 249 g/mol. The van der Waals surface area contributed by atoms with Gasteiger partial charge >= 0.3 is 0 Å². The molecule has 0 amide bonds. The molecule has 0 fully saturated rings. The molecule has 66 valence electrons. The summed E-state index contributed by atoms with van der Waals surface area (Å²) in [5.41, 5.74) is 1.07. The van der Waals surface area contributed by atoms with Crippen molar-refractivity contribution in [1.82, 2.24) is 4.98 Å². The molecule has 1 aromatic rings. The Balaban J connectivity index is 2.94. The quantitative estimate of drug-likeness (QED) is 0.608. The normalized spacial score (nSPS) is 9.92. The van der Waals surface area contributed by atoms with E-state index in [0.717, 1.165) is 17.3 Å². The number of nitrogens with zero attached hydrogens (tertiary/aromatic N) is 1. The van der Waals surface area contributed by atoms with Crippen LogP contribution in [-0.2, 0) is 6.42 Å². The number of aromatic nitrogens is 1. The summed E-state index contributed by atoms with van der Waals surface area (Å²) >= 11 is 9.04. The van der Waals surface area contributed by atoms with E-state index in [9.17, 15) is 0 Å². The lowest BCUT2D eigenvalue weighted by atomic mass is 10.2. The van der Waals surface area contributed by atoms with E-state index in [1.807, 2.05) is 6.07 Å². The van der Waals surface area contributed by atoms with E-state index in [2.05, 4.69) is 20.9 Å². The van der Waals surface area contributed by atoms with Crippen LogP contribution in [0.15, 0.2) is 12.1 Å². The second kappa shape index (κ2) is 4.67. The predicted molar refractivity (Wildman–Crippen MR) is 53.3 cm³/mol. The lowest BCUT2D eigenvalue weighted by Crippen LogP contribution is -1.95. The average molecular weight is 251 g/mol. The van der Waals surface area contributed by atoms with Crippen LogP contribution >= 0.6 is 27.5 Å². The third kappa shape index (κ3) is 2.35. The van der Waals surface area contributed by atoms with Crippen molar-refractivity contribution in [2.24, 2.45) is 0 Å². The van der Waals surface area contributed by atoms with Crippen LogP contribution in [0.2, 0.25) is 5.15 Å². The van der Waals surface area contributed by atoms with Crippen molar-refractivity contribution < 1.29 is 4.74 Å². The third-order valence-electron chi connectivity index (χ3n) is 1.46. The zero-order valence-electron chi connectivity index (χ0n) is 6.68. The van der Waals surface area contributed by atoms with Gasteiger partial charge in [0, 0.05) is 10.9 Å². The minimum absolute atomic E-state index is 0.463. The molecule has 1 aromatic heterocycles. The Kier molecular flexibility index (Phi) is 3.82. The summed E-state index contributed by atoms with van der Waals surface area (Å²) in [6.45, 7) is 0. The number of rotatable bonds is 3. The zero-order valence-corrected chi connectivity index (χ0v) is 9.02. The first kappa shape index (κ1) is 9.81. The van der Waals surface area contributed by atoms with E-state index in [1.54, 1.807) is 13.2 Å². The topological polar surface area (TPSA) is 22.1 Å². The Morgan fingerprint density at radius 1 is 1.58 bits per heavy atom. The van der Waals surface area contributed by atoms with Gasteiger partial charge in [0.2, 0.25) is 5.88 Å². The standard InChI is InChI=1S/C8H9BrClNO/c1-12-8-6(4-5-9)2-3-7(10)11-8/h2-3H,4-5H2,1H3. The molecule has 0 atom stereocenters. The van der Waals surface area contributed by atoms with Crippen molar-refractivity contribution in [3.63, 3.8) is 0 Å². The fourth-order valence-electron chi connectivity index (χ4n) is 0.916. The lowest BCUT2D eigenvalue weighted by Gasteiger charge is -2.05. The fraction of sp³-hybridized carbons (Fsp3) is 0.375. The van der Waals surface area contributed by atoms with Crippen molar-refractivity contribution >= 4 is 27.5 Å². The zero-order chi connectivity index (χ0) is 8.97. The number of aryl methyl sites for hydroxylation is 1. The van der Waals surface area contributed by atoms with Gasteiger partial charge in [-0.3, -0.25) is 0 Å². The van der Waals surface area contributed by atoms with Crippen molar-refractivity contribution in [2.45, 2.75) is 6.42 Å². The maximum Gasteiger partial charge on any atom is 0.217 e. The maximum absolute atomic E-state index is 5.69. The van der Waals surface area contributed by atoms with Crippen LogP contribution in [0.3, 0.4) is 0 Å². The van der Waals surface area contributed by atoms with Crippen molar-refractivity contribution in [3.05, 3.63) is 22.8 Å². The molecule has 0 spiro atoms. The van der Waals surface area contributed by atoms with Crippen LogP contribution in [0.5, 0.6) is 5.88 Å². The Morgan fingerprint density at radius 2 is 2.33 bits per heavy atom. The van der Waals surface area contributed by atoms with E-state index in [0.29, 0.717) is 11.0 Å². The molecular weight excluding hydrogens is 241 g/mol. The van der Waals surface area contributed by atoms with Crippen LogP contribution in [0.4, 0.5) is 0 Å². The number of hydrogen-bond acceptors (Lipinski definition) is 2. The van der Waals surface area contributed by atoms with E-state index in [1.165, 1.54) is 0 Å². The molecule has 0 aromatic carbocycles. The van der Waals surface area contributed by atoms with Gasteiger partial charge in [0.1, 0.15) is 5.15 Å². The van der Waals surface area contributed by atoms with Crippen molar-refractivity contribution in [2.75, 3.05) is 12.4 Å². The van der Waals surface area contributed by atoms with Gasteiger partial charge in [-0.25, -0.2) is 4.98 Å². The smallest absolute Gasteiger partial charge is 0.217 e. The largest absolute Gasteiger partial charge is 0.481 e. The Labute approximate surface area is 85.0 Å². The summed E-state index contributed by atoms with van der Waals surface area (Å²) in [4.78, 5) is 4.03. The van der Waals surface area contributed by atoms with Gasteiger partial charge in [0.15, 0.2) is 0 Å². The van der Waals surface area contributed by atoms with E-state index in [4.69, 9.17) is 16.3 Å². The van der Waals surface area contributed by atoms with E-state index >= 15 is 0 Å². The van der Waals surface area contributed by atoms with Gasteiger partial charge in [-0.1, -0.05) is 33.6 Å². The summed E-state index contributed by atoms with van der Waals surface area (Å²) < 4.78 is 5.06. The molecule has 4 heteroatoms. The lowest BCUT2D eigenvalue weighted by molar-refractivity contribution is 0.393. The van der Waals surface area contributed by atoms with Crippen molar-refractivity contribution in [1.29, 1.82) is 0 Å². The molecule has 1 rings (SSSR count). The Bertz CT molecular complexity index is 267. The number of hydrogen-bond donors (Lipinski definition) is 0. The minimum Gasteiger partial charge on any atom is -0.481 e. The average Bonchev–Trinajstić information content (AvgIpc) is 2.08. The molecule has 12 heavy (non-hydrogen) atoms.